The number of nitrogens with zero attached hydrogens (tertiary/aromatic N) is 4. The molecule has 1 aliphatic rings. The summed E-state index contributed by atoms with van der Waals surface area (Å²) in [6.45, 7) is 4.80. The Hall–Kier alpha value is -2.67. The number of aryl methyl sites for hydroxylation is 1. The Morgan fingerprint density at radius 1 is 1.40 bits per heavy atom. The van der Waals surface area contributed by atoms with Gasteiger partial charge in [0.1, 0.15) is 0 Å². The fraction of sp³-hybridized carbons (Fsp3) is 0.389. The van der Waals surface area contributed by atoms with Crippen LogP contribution < -0.4 is 10.6 Å². The molecule has 1 aromatic carbocycles. The van der Waals surface area contributed by atoms with E-state index in [2.05, 4.69) is 20.8 Å². The average molecular weight is 338 g/mol. The molecule has 1 fully saturated rings. The van der Waals surface area contributed by atoms with Crippen molar-refractivity contribution < 1.29 is 4.79 Å². The number of aromatic nitrogens is 4. The smallest absolute Gasteiger partial charge is 0.276 e. The first-order valence-electron chi connectivity index (χ1n) is 8.77. The monoisotopic (exact) mass is 338 g/mol. The topological polar surface area (TPSA) is 76.8 Å². The van der Waals surface area contributed by atoms with Crippen molar-refractivity contribution in [2.45, 2.75) is 32.4 Å². The predicted octanol–water partition coefficient (Wildman–Crippen LogP) is 2.43. The highest BCUT2D eigenvalue weighted by atomic mass is 16.1. The Bertz CT molecular complexity index is 890. The molecule has 0 saturated carbocycles. The third-order valence-corrected chi connectivity index (χ3v) is 4.69. The molecule has 1 atom stereocenters. The van der Waals surface area contributed by atoms with Crippen LogP contribution in [0.3, 0.4) is 0 Å². The summed E-state index contributed by atoms with van der Waals surface area (Å²) in [5, 5.41) is 16.2. The summed E-state index contributed by atoms with van der Waals surface area (Å²) in [7, 11) is 0. The van der Waals surface area contributed by atoms with Gasteiger partial charge >= 0.3 is 0 Å². The average Bonchev–Trinajstić information content (AvgIpc) is 3.29. The van der Waals surface area contributed by atoms with E-state index in [1.807, 2.05) is 46.9 Å². The highest BCUT2D eigenvalue weighted by Crippen LogP contribution is 2.20. The highest BCUT2D eigenvalue weighted by molar-refractivity contribution is 6.03. The lowest BCUT2D eigenvalue weighted by Crippen LogP contribution is -2.32. The lowest BCUT2D eigenvalue weighted by atomic mass is 10.1. The zero-order valence-electron chi connectivity index (χ0n) is 14.3. The number of hydrogen-bond donors (Lipinski definition) is 2. The van der Waals surface area contributed by atoms with E-state index < -0.39 is 0 Å². The lowest BCUT2D eigenvalue weighted by molar-refractivity contribution is 0.102. The number of rotatable bonds is 4. The minimum Gasteiger partial charge on any atom is -0.321 e. The van der Waals surface area contributed by atoms with Crippen molar-refractivity contribution in [3.8, 4) is 0 Å². The third kappa shape index (κ3) is 3.15. The molecule has 0 spiro atoms. The van der Waals surface area contributed by atoms with Crippen LogP contribution in [0.2, 0.25) is 0 Å². The van der Waals surface area contributed by atoms with Gasteiger partial charge in [0, 0.05) is 30.4 Å². The molecule has 1 saturated heterocycles. The number of carbonyl (C=O) groups excluding carboxylic acids is 1. The van der Waals surface area contributed by atoms with Gasteiger partial charge in [-0.15, -0.1) is 0 Å². The van der Waals surface area contributed by atoms with E-state index in [0.29, 0.717) is 11.7 Å². The SMILES string of the molecule is CCn1ncc2ccc(NC(=O)c3ccn(C4CCCNC4)n3)cc21. The Morgan fingerprint density at radius 2 is 2.32 bits per heavy atom. The number of fused-ring (bicyclic) bond motifs is 1. The minimum absolute atomic E-state index is 0.190. The molecule has 1 amide bonds. The van der Waals surface area contributed by atoms with E-state index in [4.69, 9.17) is 0 Å². The number of benzene rings is 1. The maximum Gasteiger partial charge on any atom is 0.276 e. The molecule has 7 heteroatoms. The Balaban J connectivity index is 1.51. The fourth-order valence-corrected chi connectivity index (χ4v) is 3.32. The maximum atomic E-state index is 12.5. The second-order valence-corrected chi connectivity index (χ2v) is 6.37. The van der Waals surface area contributed by atoms with Gasteiger partial charge in [0.25, 0.3) is 5.91 Å². The predicted molar refractivity (Wildman–Crippen MR) is 96.7 cm³/mol. The lowest BCUT2D eigenvalue weighted by Gasteiger charge is -2.22. The standard InChI is InChI=1S/C18H22N6O/c1-2-23-17-10-14(6-5-13(17)11-20-23)21-18(25)16-7-9-24(22-16)15-4-3-8-19-12-15/h5-7,9-11,15,19H,2-4,8,12H2,1H3,(H,21,25). The van der Waals surface area contributed by atoms with Gasteiger partial charge in [-0.2, -0.15) is 10.2 Å². The molecule has 0 aliphatic carbocycles. The van der Waals surface area contributed by atoms with Gasteiger partial charge in [-0.25, -0.2) is 0 Å². The summed E-state index contributed by atoms with van der Waals surface area (Å²) in [6.07, 6.45) is 5.96. The number of amides is 1. The van der Waals surface area contributed by atoms with Gasteiger partial charge in [-0.1, -0.05) is 0 Å². The van der Waals surface area contributed by atoms with Crippen LogP contribution in [0.15, 0.2) is 36.7 Å². The number of nitrogens with one attached hydrogen (secondary N) is 2. The number of carbonyl (C=O) groups is 1. The van der Waals surface area contributed by atoms with Crippen LogP contribution in [-0.4, -0.2) is 38.6 Å². The second kappa shape index (κ2) is 6.68. The van der Waals surface area contributed by atoms with Gasteiger partial charge in [-0.05, 0) is 50.6 Å². The summed E-state index contributed by atoms with van der Waals surface area (Å²) in [5.74, 6) is -0.190. The molecule has 0 radical (unpaired) electrons. The first-order chi connectivity index (χ1) is 12.2. The molecule has 2 N–H and O–H groups in total. The van der Waals surface area contributed by atoms with E-state index in [1.54, 1.807) is 6.07 Å². The first-order valence-corrected chi connectivity index (χ1v) is 8.77. The maximum absolute atomic E-state index is 12.5. The van der Waals surface area contributed by atoms with Gasteiger partial charge in [-0.3, -0.25) is 14.2 Å². The highest BCUT2D eigenvalue weighted by Gasteiger charge is 2.18. The molecule has 3 aromatic rings. The Labute approximate surface area is 146 Å². The quantitative estimate of drug-likeness (QED) is 0.766. The van der Waals surface area contributed by atoms with E-state index in [9.17, 15) is 4.79 Å². The zero-order valence-corrected chi connectivity index (χ0v) is 14.3. The van der Waals surface area contributed by atoms with Crippen LogP contribution in [0.25, 0.3) is 10.9 Å². The molecule has 130 valence electrons. The van der Waals surface area contributed by atoms with Gasteiger partial charge < -0.3 is 10.6 Å². The summed E-state index contributed by atoms with van der Waals surface area (Å²) in [6, 6.07) is 7.91. The van der Waals surface area contributed by atoms with Crippen LogP contribution in [0, 0.1) is 0 Å². The second-order valence-electron chi connectivity index (χ2n) is 6.37. The Kier molecular flexibility index (Phi) is 4.23. The molecule has 7 nitrogen and oxygen atoms in total. The van der Waals surface area contributed by atoms with Crippen LogP contribution in [0.4, 0.5) is 5.69 Å². The van der Waals surface area contributed by atoms with Crippen LogP contribution >= 0.6 is 0 Å². The fourth-order valence-electron chi connectivity index (χ4n) is 3.32. The van der Waals surface area contributed by atoms with Gasteiger partial charge in [0.2, 0.25) is 0 Å². The molecule has 2 aromatic heterocycles. The summed E-state index contributed by atoms with van der Waals surface area (Å²) < 4.78 is 3.81. The van der Waals surface area contributed by atoms with E-state index in [1.165, 1.54) is 0 Å². The summed E-state index contributed by atoms with van der Waals surface area (Å²) in [5.41, 5.74) is 2.20. The van der Waals surface area contributed by atoms with Crippen molar-refractivity contribution in [2.75, 3.05) is 18.4 Å². The minimum atomic E-state index is -0.190. The Morgan fingerprint density at radius 3 is 3.12 bits per heavy atom. The van der Waals surface area contributed by atoms with Gasteiger partial charge in [0.05, 0.1) is 17.8 Å². The van der Waals surface area contributed by atoms with Crippen molar-refractivity contribution in [1.29, 1.82) is 0 Å². The van der Waals surface area contributed by atoms with Crippen LogP contribution in [0.1, 0.15) is 36.3 Å². The van der Waals surface area contributed by atoms with E-state index in [0.717, 1.165) is 49.1 Å². The number of hydrogen-bond acceptors (Lipinski definition) is 4. The molecule has 1 unspecified atom stereocenters. The number of piperidine rings is 1. The molecule has 25 heavy (non-hydrogen) atoms. The normalized spacial score (nSPS) is 17.7. The largest absolute Gasteiger partial charge is 0.321 e. The van der Waals surface area contributed by atoms with Gasteiger partial charge in [0.15, 0.2) is 5.69 Å². The molecule has 0 bridgehead atoms. The van der Waals surface area contributed by atoms with Crippen molar-refractivity contribution in [1.82, 2.24) is 24.9 Å². The molecule has 3 heterocycles. The van der Waals surface area contributed by atoms with Crippen molar-refractivity contribution in [2.24, 2.45) is 0 Å². The number of anilines is 1. The first kappa shape index (κ1) is 15.8. The van der Waals surface area contributed by atoms with Crippen LogP contribution in [-0.2, 0) is 6.54 Å². The third-order valence-electron chi connectivity index (χ3n) is 4.69. The summed E-state index contributed by atoms with van der Waals surface area (Å²) in [4.78, 5) is 12.5. The molecule has 4 rings (SSSR count). The molecular weight excluding hydrogens is 316 g/mol. The van der Waals surface area contributed by atoms with Crippen molar-refractivity contribution in [3.63, 3.8) is 0 Å². The van der Waals surface area contributed by atoms with Crippen molar-refractivity contribution in [3.05, 3.63) is 42.4 Å². The van der Waals surface area contributed by atoms with E-state index in [-0.39, 0.29) is 5.91 Å². The van der Waals surface area contributed by atoms with E-state index >= 15 is 0 Å². The molecule has 1 aliphatic heterocycles. The van der Waals surface area contributed by atoms with Crippen LogP contribution in [0.5, 0.6) is 0 Å². The molecular formula is C18H22N6O. The zero-order chi connectivity index (χ0) is 17.2. The summed E-state index contributed by atoms with van der Waals surface area (Å²) >= 11 is 0. The van der Waals surface area contributed by atoms with Crippen molar-refractivity contribution >= 4 is 22.5 Å².